The lowest BCUT2D eigenvalue weighted by molar-refractivity contribution is -0.119. The van der Waals surface area contributed by atoms with Crippen LogP contribution < -0.4 is 25.0 Å². The molecule has 0 bridgehead atoms. The Kier molecular flexibility index (Phi) is 9.41. The number of nitrogens with two attached hydrogens (primary N) is 1. The molecule has 12 heteroatoms. The monoisotopic (exact) mass is 611 g/mol. The van der Waals surface area contributed by atoms with Crippen LogP contribution in [0.25, 0.3) is 21.5 Å². The number of primary amides is 1. The Balaban J connectivity index is 1.42. The molecule has 0 heterocycles. The second kappa shape index (κ2) is 12.7. The molecule has 4 rings (SSSR count). The van der Waals surface area contributed by atoms with Crippen LogP contribution in [0.2, 0.25) is 0 Å². The fourth-order valence-corrected chi connectivity index (χ4v) is 7.80. The van der Waals surface area contributed by atoms with Gasteiger partial charge in [-0.2, -0.15) is 4.72 Å². The fraction of sp³-hybridized carbons (Fsp3) is 0.300. The van der Waals surface area contributed by atoms with Gasteiger partial charge in [0, 0.05) is 67.7 Å². The van der Waals surface area contributed by atoms with Gasteiger partial charge in [0.25, 0.3) is 0 Å². The van der Waals surface area contributed by atoms with Crippen molar-refractivity contribution in [2.75, 3.05) is 44.5 Å². The molecule has 0 radical (unpaired) electrons. The van der Waals surface area contributed by atoms with Gasteiger partial charge in [0.1, 0.15) is 6.04 Å². The third-order valence-electron chi connectivity index (χ3n) is 7.11. The van der Waals surface area contributed by atoms with Crippen molar-refractivity contribution in [1.82, 2.24) is 9.44 Å². The summed E-state index contributed by atoms with van der Waals surface area (Å²) in [6.45, 7) is 0.112. The van der Waals surface area contributed by atoms with Crippen molar-refractivity contribution in [3.8, 4) is 0 Å². The van der Waals surface area contributed by atoms with Crippen molar-refractivity contribution in [3.63, 3.8) is 0 Å². The Labute approximate surface area is 247 Å². The van der Waals surface area contributed by atoms with Gasteiger partial charge in [-0.1, -0.05) is 55.0 Å². The standard InChI is InChI=1S/C30H37N5O5S2/c1-34(2)26-16-7-13-23-21(26)11-9-18-28(23)41(37,38)32-20-6-5-15-25(30(31)36)33-42(39,40)29-19-10-12-22-24(29)14-8-17-27(22)35(3)4/h7-14,16-19,25,32-33H,5-6,15,20H2,1-4H3,(H2,31,36)/t25-/m0/s1. The lowest BCUT2D eigenvalue weighted by atomic mass is 10.1. The summed E-state index contributed by atoms with van der Waals surface area (Å²) in [6.07, 6.45) is 0.850. The van der Waals surface area contributed by atoms with E-state index in [0.29, 0.717) is 23.6 Å². The lowest BCUT2D eigenvalue weighted by Gasteiger charge is -2.19. The molecular formula is C30H37N5O5S2. The molecule has 0 aliphatic rings. The molecule has 1 atom stereocenters. The van der Waals surface area contributed by atoms with Crippen LogP contribution in [0.1, 0.15) is 19.3 Å². The molecule has 0 saturated carbocycles. The molecule has 4 aromatic rings. The molecule has 1 amide bonds. The van der Waals surface area contributed by atoms with E-state index in [1.54, 1.807) is 36.4 Å². The average molecular weight is 612 g/mol. The fourth-order valence-electron chi connectivity index (χ4n) is 5.05. The summed E-state index contributed by atoms with van der Waals surface area (Å²) in [5.41, 5.74) is 7.33. The highest BCUT2D eigenvalue weighted by Gasteiger charge is 2.26. The van der Waals surface area contributed by atoms with Gasteiger partial charge in [-0.25, -0.2) is 21.6 Å². The number of fused-ring (bicyclic) bond motifs is 2. The summed E-state index contributed by atoms with van der Waals surface area (Å²) in [6, 6.07) is 19.9. The van der Waals surface area contributed by atoms with E-state index in [9.17, 15) is 21.6 Å². The van der Waals surface area contributed by atoms with Gasteiger partial charge in [-0.15, -0.1) is 0 Å². The number of rotatable bonds is 13. The first kappa shape index (κ1) is 31.2. The van der Waals surface area contributed by atoms with Gasteiger partial charge in [-0.05, 0) is 37.1 Å². The summed E-state index contributed by atoms with van der Waals surface area (Å²) in [4.78, 5) is 16.3. The molecule has 4 aromatic carbocycles. The number of amides is 1. The maximum atomic E-state index is 13.4. The first-order valence-corrected chi connectivity index (χ1v) is 16.5. The lowest BCUT2D eigenvalue weighted by Crippen LogP contribution is -2.44. The number of anilines is 2. The van der Waals surface area contributed by atoms with Crippen LogP contribution in [0, 0.1) is 0 Å². The Bertz CT molecular complexity index is 1820. The largest absolute Gasteiger partial charge is 0.377 e. The number of carbonyl (C=O) groups is 1. The number of sulfonamides is 2. The molecule has 0 aliphatic carbocycles. The summed E-state index contributed by atoms with van der Waals surface area (Å²) in [5, 5.41) is 2.73. The SMILES string of the molecule is CN(C)c1cccc2c(S(=O)(=O)NCCCC[C@H](NS(=O)(=O)c3cccc4c(N(C)C)cccc34)C(N)=O)cccc12. The highest BCUT2D eigenvalue weighted by atomic mass is 32.2. The van der Waals surface area contributed by atoms with Crippen LogP contribution >= 0.6 is 0 Å². The minimum absolute atomic E-state index is 0.0511. The van der Waals surface area contributed by atoms with E-state index in [1.165, 1.54) is 6.07 Å². The molecule has 42 heavy (non-hydrogen) atoms. The molecule has 0 aromatic heterocycles. The maximum Gasteiger partial charge on any atom is 0.241 e. The summed E-state index contributed by atoms with van der Waals surface area (Å²) < 4.78 is 58.1. The molecule has 4 N–H and O–H groups in total. The van der Waals surface area contributed by atoms with Crippen LogP contribution in [0.15, 0.2) is 82.6 Å². The van der Waals surface area contributed by atoms with E-state index in [1.807, 2.05) is 68.3 Å². The van der Waals surface area contributed by atoms with Crippen LogP contribution in [0.3, 0.4) is 0 Å². The predicted molar refractivity (Wildman–Crippen MR) is 169 cm³/mol. The molecule has 0 spiro atoms. The van der Waals surface area contributed by atoms with Crippen LogP contribution in [-0.2, 0) is 24.8 Å². The van der Waals surface area contributed by atoms with E-state index in [-0.39, 0.29) is 22.8 Å². The number of unbranched alkanes of at least 4 members (excludes halogenated alkanes) is 1. The third-order valence-corrected chi connectivity index (χ3v) is 10.2. The minimum atomic E-state index is -4.09. The molecular weight excluding hydrogens is 574 g/mol. The normalized spacial score (nSPS) is 12.9. The van der Waals surface area contributed by atoms with Gasteiger partial charge in [0.05, 0.1) is 9.79 Å². The average Bonchev–Trinajstić information content (AvgIpc) is 2.94. The number of hydrogen-bond donors (Lipinski definition) is 3. The Morgan fingerprint density at radius 2 is 1.14 bits per heavy atom. The molecule has 0 aliphatic heterocycles. The zero-order chi connectivity index (χ0) is 30.7. The molecule has 0 fully saturated rings. The maximum absolute atomic E-state index is 13.4. The molecule has 0 unspecified atom stereocenters. The molecule has 0 saturated heterocycles. The van der Waals surface area contributed by atoms with E-state index in [4.69, 9.17) is 5.73 Å². The van der Waals surface area contributed by atoms with Crippen LogP contribution in [-0.4, -0.2) is 63.5 Å². The van der Waals surface area contributed by atoms with Crippen molar-refractivity contribution >= 4 is 58.9 Å². The summed E-state index contributed by atoms with van der Waals surface area (Å²) in [7, 11) is -0.358. The van der Waals surface area contributed by atoms with E-state index in [0.717, 1.165) is 22.1 Å². The zero-order valence-electron chi connectivity index (χ0n) is 24.2. The number of hydrogen-bond acceptors (Lipinski definition) is 7. The Hall–Kier alpha value is -3.71. The third kappa shape index (κ3) is 6.67. The Morgan fingerprint density at radius 1 is 0.690 bits per heavy atom. The van der Waals surface area contributed by atoms with Gasteiger partial charge in [-0.3, -0.25) is 4.79 Å². The highest BCUT2D eigenvalue weighted by Crippen LogP contribution is 2.31. The molecule has 224 valence electrons. The number of nitrogens with zero attached hydrogens (tertiary/aromatic N) is 2. The first-order valence-electron chi connectivity index (χ1n) is 13.5. The van der Waals surface area contributed by atoms with Crippen molar-refractivity contribution in [2.45, 2.75) is 35.1 Å². The van der Waals surface area contributed by atoms with Crippen LogP contribution in [0.4, 0.5) is 11.4 Å². The number of benzene rings is 4. The smallest absolute Gasteiger partial charge is 0.241 e. The van der Waals surface area contributed by atoms with Gasteiger partial charge < -0.3 is 15.5 Å². The minimum Gasteiger partial charge on any atom is -0.377 e. The van der Waals surface area contributed by atoms with Crippen molar-refractivity contribution in [2.24, 2.45) is 5.73 Å². The van der Waals surface area contributed by atoms with Gasteiger partial charge >= 0.3 is 0 Å². The highest BCUT2D eigenvalue weighted by molar-refractivity contribution is 7.90. The van der Waals surface area contributed by atoms with Gasteiger partial charge in [0.15, 0.2) is 0 Å². The predicted octanol–water partition coefficient (Wildman–Crippen LogP) is 3.41. The second-order valence-corrected chi connectivity index (χ2v) is 13.9. The van der Waals surface area contributed by atoms with Crippen molar-refractivity contribution in [1.29, 1.82) is 0 Å². The van der Waals surface area contributed by atoms with Crippen molar-refractivity contribution < 1.29 is 21.6 Å². The second-order valence-electron chi connectivity index (χ2n) is 10.5. The van der Waals surface area contributed by atoms with E-state index < -0.39 is 32.0 Å². The summed E-state index contributed by atoms with van der Waals surface area (Å²) in [5.74, 6) is -0.805. The van der Waals surface area contributed by atoms with E-state index in [2.05, 4.69) is 9.44 Å². The quantitative estimate of drug-likeness (QED) is 0.197. The van der Waals surface area contributed by atoms with Crippen molar-refractivity contribution in [3.05, 3.63) is 72.8 Å². The zero-order valence-corrected chi connectivity index (χ0v) is 25.8. The first-order chi connectivity index (χ1) is 19.8. The van der Waals surface area contributed by atoms with E-state index >= 15 is 0 Å². The topological polar surface area (TPSA) is 142 Å². The van der Waals surface area contributed by atoms with Gasteiger partial charge in [0.2, 0.25) is 26.0 Å². The Morgan fingerprint density at radius 3 is 1.62 bits per heavy atom. The number of carbonyl (C=O) groups excluding carboxylic acids is 1. The summed E-state index contributed by atoms with van der Waals surface area (Å²) >= 11 is 0. The molecule has 10 nitrogen and oxygen atoms in total. The van der Waals surface area contributed by atoms with Crippen LogP contribution in [0.5, 0.6) is 0 Å². The number of nitrogens with one attached hydrogen (secondary N) is 2.